The van der Waals surface area contributed by atoms with E-state index in [2.05, 4.69) is 11.1 Å². The second-order valence-corrected chi connectivity index (χ2v) is 3.89. The van der Waals surface area contributed by atoms with Crippen LogP contribution in [-0.4, -0.2) is 9.55 Å². The molecule has 0 fully saturated rings. The summed E-state index contributed by atoms with van der Waals surface area (Å²) < 4.78 is 1.94. The van der Waals surface area contributed by atoms with Crippen molar-refractivity contribution in [1.29, 1.82) is 5.26 Å². The van der Waals surface area contributed by atoms with Gasteiger partial charge in [0.15, 0.2) is 0 Å². The smallest absolute Gasteiger partial charge is 0.129 e. The maximum Gasteiger partial charge on any atom is 0.129 e. The largest absolute Gasteiger partial charge is 0.314 e. The summed E-state index contributed by atoms with van der Waals surface area (Å²) in [5, 5.41) is 10.3. The lowest BCUT2D eigenvalue weighted by molar-refractivity contribution is 1.15. The van der Waals surface area contributed by atoms with E-state index in [1.54, 1.807) is 18.5 Å². The topological polar surface area (TPSA) is 41.6 Å². The Morgan fingerprint density at radius 3 is 2.88 bits per heavy atom. The van der Waals surface area contributed by atoms with Crippen molar-refractivity contribution in [3.8, 4) is 6.07 Å². The zero-order valence-corrected chi connectivity index (χ0v) is 8.94. The second kappa shape index (κ2) is 3.22. The molecule has 2 heterocycles. The van der Waals surface area contributed by atoms with Crippen molar-refractivity contribution in [1.82, 2.24) is 9.55 Å². The minimum Gasteiger partial charge on any atom is -0.314 e. The van der Waals surface area contributed by atoms with E-state index in [0.29, 0.717) is 10.7 Å². The summed E-state index contributed by atoms with van der Waals surface area (Å²) in [7, 11) is 0. The Morgan fingerprint density at radius 2 is 2.25 bits per heavy atom. The van der Waals surface area contributed by atoms with Gasteiger partial charge in [0.2, 0.25) is 0 Å². The number of rotatable bonds is 1. The maximum atomic E-state index is 9.05. The molecule has 0 amide bonds. The zero-order valence-electron chi connectivity index (χ0n) is 8.18. The van der Waals surface area contributed by atoms with Gasteiger partial charge >= 0.3 is 0 Å². The normalized spacial score (nSPS) is 13.4. The van der Waals surface area contributed by atoms with Gasteiger partial charge < -0.3 is 4.57 Å². The summed E-state index contributed by atoms with van der Waals surface area (Å²) in [5.41, 5.74) is 2.56. The third-order valence-electron chi connectivity index (χ3n) is 2.59. The lowest BCUT2D eigenvalue weighted by atomic mass is 10.2. The Kier molecular flexibility index (Phi) is 1.85. The fourth-order valence-corrected chi connectivity index (χ4v) is 1.90. The van der Waals surface area contributed by atoms with E-state index in [0.717, 1.165) is 16.6 Å². The molecule has 2 aromatic heterocycles. The summed E-state index contributed by atoms with van der Waals surface area (Å²) in [6.07, 6.45) is 9.41. The molecule has 0 saturated carbocycles. The molecule has 0 unspecified atom stereocenters. The Morgan fingerprint density at radius 1 is 1.44 bits per heavy atom. The first-order valence-electron chi connectivity index (χ1n) is 4.75. The number of halogens is 1. The van der Waals surface area contributed by atoms with Crippen LogP contribution >= 0.6 is 11.6 Å². The molecule has 3 nitrogen and oxygen atoms in total. The number of nitrogens with zero attached hydrogens (tertiary/aromatic N) is 3. The van der Waals surface area contributed by atoms with Crippen LogP contribution in [0.25, 0.3) is 16.6 Å². The quantitative estimate of drug-likeness (QED) is 0.703. The van der Waals surface area contributed by atoms with Crippen molar-refractivity contribution in [3.05, 3.63) is 47.4 Å². The van der Waals surface area contributed by atoms with Crippen molar-refractivity contribution >= 4 is 28.2 Å². The van der Waals surface area contributed by atoms with Crippen molar-refractivity contribution in [2.75, 3.05) is 0 Å². The number of hydrogen-bond donors (Lipinski definition) is 0. The van der Waals surface area contributed by atoms with Crippen LogP contribution in [0, 0.1) is 11.3 Å². The summed E-state index contributed by atoms with van der Waals surface area (Å²) in [5.74, 6) is 0. The van der Waals surface area contributed by atoms with Crippen molar-refractivity contribution in [2.24, 2.45) is 0 Å². The summed E-state index contributed by atoms with van der Waals surface area (Å²) in [6, 6.07) is 3.88. The van der Waals surface area contributed by atoms with Gasteiger partial charge in [0.25, 0.3) is 0 Å². The standard InChI is InChI=1S/C12H6ClN3/c13-12-4-10-8(5-14)7-16(9-2-1-3-9)11(10)6-15-12/h1-4,6-7H. The van der Waals surface area contributed by atoms with Gasteiger partial charge in [-0.25, -0.2) is 4.98 Å². The molecule has 0 radical (unpaired) electrons. The van der Waals surface area contributed by atoms with E-state index < -0.39 is 0 Å². The summed E-state index contributed by atoms with van der Waals surface area (Å²) in [4.78, 5) is 4.04. The number of aromatic nitrogens is 2. The molecule has 0 aliphatic heterocycles. The van der Waals surface area contributed by atoms with Crippen LogP contribution in [0.2, 0.25) is 5.15 Å². The first kappa shape index (κ1) is 9.20. The summed E-state index contributed by atoms with van der Waals surface area (Å²) in [6.45, 7) is 0. The Hall–Kier alpha value is -2.05. The second-order valence-electron chi connectivity index (χ2n) is 3.50. The van der Waals surface area contributed by atoms with E-state index in [-0.39, 0.29) is 0 Å². The summed E-state index contributed by atoms with van der Waals surface area (Å²) >= 11 is 5.83. The van der Waals surface area contributed by atoms with E-state index in [9.17, 15) is 0 Å². The van der Waals surface area contributed by atoms with E-state index in [1.165, 1.54) is 0 Å². The highest BCUT2D eigenvalue weighted by Crippen LogP contribution is 2.27. The average Bonchev–Trinajstić information content (AvgIpc) is 2.54. The molecular weight excluding hydrogens is 222 g/mol. The lowest BCUT2D eigenvalue weighted by Gasteiger charge is -2.09. The monoisotopic (exact) mass is 227 g/mol. The molecule has 0 spiro atoms. The lowest BCUT2D eigenvalue weighted by Crippen LogP contribution is -1.96. The van der Waals surface area contributed by atoms with Gasteiger partial charge in [0.05, 0.1) is 17.3 Å². The van der Waals surface area contributed by atoms with E-state index in [4.69, 9.17) is 16.9 Å². The molecule has 0 aromatic carbocycles. The Balaban J connectivity index is 2.35. The van der Waals surface area contributed by atoms with Crippen LogP contribution in [0.1, 0.15) is 5.56 Å². The molecule has 1 aliphatic carbocycles. The van der Waals surface area contributed by atoms with Crippen LogP contribution in [0.3, 0.4) is 0 Å². The molecule has 1 aliphatic rings. The SMILES string of the molecule is N#Cc1cn(C2=CC=C2)c2cnc(Cl)cc12. The van der Waals surface area contributed by atoms with Crippen LogP contribution in [0.4, 0.5) is 0 Å². The van der Waals surface area contributed by atoms with Crippen molar-refractivity contribution in [2.45, 2.75) is 0 Å². The number of pyridine rings is 1. The van der Waals surface area contributed by atoms with Gasteiger partial charge in [-0.1, -0.05) is 17.7 Å². The van der Waals surface area contributed by atoms with E-state index in [1.807, 2.05) is 22.8 Å². The number of nitriles is 1. The predicted molar refractivity (Wildman–Crippen MR) is 62.9 cm³/mol. The highest BCUT2D eigenvalue weighted by atomic mass is 35.5. The van der Waals surface area contributed by atoms with E-state index >= 15 is 0 Å². The van der Waals surface area contributed by atoms with Gasteiger partial charge in [-0.15, -0.1) is 0 Å². The number of hydrogen-bond acceptors (Lipinski definition) is 2. The first-order valence-corrected chi connectivity index (χ1v) is 5.13. The van der Waals surface area contributed by atoms with Crippen LogP contribution in [0.5, 0.6) is 0 Å². The third kappa shape index (κ3) is 1.17. The molecule has 0 N–H and O–H groups in total. The van der Waals surface area contributed by atoms with Crippen molar-refractivity contribution in [3.63, 3.8) is 0 Å². The fraction of sp³-hybridized carbons (Fsp3) is 0. The van der Waals surface area contributed by atoms with Crippen LogP contribution in [-0.2, 0) is 0 Å². The molecule has 2 aromatic rings. The molecule has 0 atom stereocenters. The Labute approximate surface area is 96.9 Å². The van der Waals surface area contributed by atoms with Gasteiger partial charge in [0.1, 0.15) is 11.2 Å². The van der Waals surface area contributed by atoms with Gasteiger partial charge in [-0.2, -0.15) is 5.26 Å². The maximum absolute atomic E-state index is 9.05. The van der Waals surface area contributed by atoms with Gasteiger partial charge in [-0.05, 0) is 18.2 Å². The zero-order chi connectivity index (χ0) is 11.1. The minimum atomic E-state index is 0.403. The van der Waals surface area contributed by atoms with Gasteiger partial charge in [-0.3, -0.25) is 0 Å². The number of allylic oxidation sites excluding steroid dienone is 4. The first-order chi connectivity index (χ1) is 7.79. The Bertz CT molecular complexity index is 686. The van der Waals surface area contributed by atoms with Crippen LogP contribution in [0.15, 0.2) is 36.7 Å². The molecule has 3 rings (SSSR count). The third-order valence-corrected chi connectivity index (χ3v) is 2.80. The van der Waals surface area contributed by atoms with Crippen molar-refractivity contribution < 1.29 is 0 Å². The number of fused-ring (bicyclic) bond motifs is 1. The highest BCUT2D eigenvalue weighted by molar-refractivity contribution is 6.30. The average molecular weight is 228 g/mol. The molecule has 76 valence electrons. The molecule has 0 bridgehead atoms. The van der Waals surface area contributed by atoms with Gasteiger partial charge in [0, 0.05) is 17.3 Å². The molecular formula is C12H6ClN3. The van der Waals surface area contributed by atoms with Crippen LogP contribution < -0.4 is 0 Å². The fourth-order valence-electron chi connectivity index (χ4n) is 1.74. The molecule has 0 saturated heterocycles. The molecule has 16 heavy (non-hydrogen) atoms. The predicted octanol–water partition coefficient (Wildman–Crippen LogP) is 2.97. The molecule has 4 heteroatoms. The highest BCUT2D eigenvalue weighted by Gasteiger charge is 2.12. The minimum absolute atomic E-state index is 0.403.